The van der Waals surface area contributed by atoms with Gasteiger partial charge in [-0.05, 0) is 75.1 Å². The fourth-order valence-corrected chi connectivity index (χ4v) is 4.63. The van der Waals surface area contributed by atoms with Crippen molar-refractivity contribution in [2.75, 3.05) is 6.54 Å². The van der Waals surface area contributed by atoms with E-state index in [1.165, 1.54) is 0 Å². The van der Waals surface area contributed by atoms with Crippen LogP contribution in [-0.2, 0) is 9.31 Å². The Bertz CT molecular complexity index is 1160. The topological polar surface area (TPSA) is 51.7 Å². The first-order chi connectivity index (χ1) is 15.2. The molecule has 0 N–H and O–H groups in total. The molecule has 0 bridgehead atoms. The standard InChI is InChI=1S/C26H29BN2O3/c1-25(2)26(3,4)32-27(31-25)22-8-5-7-19(16-22)23-9-6-14-29(23)24(30)20-10-11-21-17-28-13-12-18(21)15-20/h5,7-8,10-13,15-17,23H,6,9,14H2,1-4H3. The highest BCUT2D eigenvalue weighted by Gasteiger charge is 2.51. The molecule has 32 heavy (non-hydrogen) atoms. The minimum absolute atomic E-state index is 0.0537. The maximum Gasteiger partial charge on any atom is 0.494 e. The summed E-state index contributed by atoms with van der Waals surface area (Å²) in [5.74, 6) is 0.0762. The summed E-state index contributed by atoms with van der Waals surface area (Å²) in [6.45, 7) is 9.02. The van der Waals surface area contributed by atoms with Crippen LogP contribution in [0.25, 0.3) is 10.8 Å². The van der Waals surface area contributed by atoms with Crippen LogP contribution in [0.15, 0.2) is 60.9 Å². The predicted molar refractivity (Wildman–Crippen MR) is 127 cm³/mol. The van der Waals surface area contributed by atoms with Crippen molar-refractivity contribution >= 4 is 29.3 Å². The van der Waals surface area contributed by atoms with E-state index in [1.54, 1.807) is 6.20 Å². The Balaban J connectivity index is 1.41. The van der Waals surface area contributed by atoms with Crippen LogP contribution in [-0.4, -0.2) is 40.7 Å². The number of nitrogens with zero attached hydrogens (tertiary/aromatic N) is 2. The molecule has 0 saturated carbocycles. The molecule has 3 aromatic rings. The van der Waals surface area contributed by atoms with Crippen molar-refractivity contribution in [1.82, 2.24) is 9.88 Å². The lowest BCUT2D eigenvalue weighted by molar-refractivity contribution is 0.00578. The first-order valence-electron chi connectivity index (χ1n) is 11.4. The van der Waals surface area contributed by atoms with Crippen LogP contribution in [0, 0.1) is 0 Å². The lowest BCUT2D eigenvalue weighted by atomic mass is 9.78. The van der Waals surface area contributed by atoms with Gasteiger partial charge in [-0.15, -0.1) is 0 Å². The van der Waals surface area contributed by atoms with Gasteiger partial charge in [-0.2, -0.15) is 0 Å². The molecule has 3 heterocycles. The second-order valence-corrected chi connectivity index (χ2v) is 9.85. The molecule has 1 unspecified atom stereocenters. The van der Waals surface area contributed by atoms with E-state index in [0.29, 0.717) is 0 Å². The lowest BCUT2D eigenvalue weighted by Crippen LogP contribution is -2.41. The number of benzene rings is 2. The fourth-order valence-electron chi connectivity index (χ4n) is 4.63. The molecule has 5 rings (SSSR count). The monoisotopic (exact) mass is 428 g/mol. The van der Waals surface area contributed by atoms with Crippen LogP contribution in [0.4, 0.5) is 0 Å². The SMILES string of the molecule is CC1(C)OB(c2cccc(C3CCCN3C(=O)c3ccc4cnccc4c3)c2)OC1(C)C. The Labute approximate surface area is 189 Å². The Kier molecular flexibility index (Phi) is 5.10. The number of carbonyl (C=O) groups is 1. The largest absolute Gasteiger partial charge is 0.494 e. The van der Waals surface area contributed by atoms with Crippen molar-refractivity contribution in [1.29, 1.82) is 0 Å². The van der Waals surface area contributed by atoms with E-state index in [0.717, 1.165) is 46.7 Å². The average molecular weight is 428 g/mol. The number of fused-ring (bicyclic) bond motifs is 1. The Morgan fingerprint density at radius 3 is 2.59 bits per heavy atom. The number of hydrogen-bond acceptors (Lipinski definition) is 4. The molecule has 2 aliphatic rings. The molecule has 1 aromatic heterocycles. The van der Waals surface area contributed by atoms with Crippen molar-refractivity contribution in [2.45, 2.75) is 57.8 Å². The molecule has 164 valence electrons. The molecule has 2 fully saturated rings. The van der Waals surface area contributed by atoms with Gasteiger partial charge < -0.3 is 14.2 Å². The summed E-state index contributed by atoms with van der Waals surface area (Å²) in [5, 5.41) is 2.07. The zero-order valence-electron chi connectivity index (χ0n) is 19.2. The van der Waals surface area contributed by atoms with E-state index in [1.807, 2.05) is 47.5 Å². The highest BCUT2D eigenvalue weighted by molar-refractivity contribution is 6.62. The van der Waals surface area contributed by atoms with Gasteiger partial charge in [0, 0.05) is 29.9 Å². The van der Waals surface area contributed by atoms with Crippen molar-refractivity contribution in [3.8, 4) is 0 Å². The number of pyridine rings is 1. The quantitative estimate of drug-likeness (QED) is 0.576. The molecular weight excluding hydrogens is 399 g/mol. The van der Waals surface area contributed by atoms with Crippen LogP contribution < -0.4 is 5.46 Å². The first kappa shape index (κ1) is 21.2. The van der Waals surface area contributed by atoms with E-state index in [4.69, 9.17) is 9.31 Å². The van der Waals surface area contributed by atoms with Gasteiger partial charge in [0.15, 0.2) is 0 Å². The zero-order valence-corrected chi connectivity index (χ0v) is 19.2. The molecule has 2 aliphatic heterocycles. The minimum atomic E-state index is -0.403. The van der Waals surface area contributed by atoms with Crippen molar-refractivity contribution < 1.29 is 14.1 Å². The molecule has 2 aromatic carbocycles. The number of rotatable bonds is 3. The van der Waals surface area contributed by atoms with Gasteiger partial charge in [-0.25, -0.2) is 0 Å². The minimum Gasteiger partial charge on any atom is -0.399 e. The summed E-state index contributed by atoms with van der Waals surface area (Å²) in [7, 11) is -0.403. The van der Waals surface area contributed by atoms with Gasteiger partial charge in [0.2, 0.25) is 0 Å². The number of aromatic nitrogens is 1. The highest BCUT2D eigenvalue weighted by Crippen LogP contribution is 2.37. The number of hydrogen-bond donors (Lipinski definition) is 0. The van der Waals surface area contributed by atoms with Gasteiger partial charge in [-0.1, -0.05) is 30.3 Å². The Morgan fingerprint density at radius 2 is 1.81 bits per heavy atom. The highest BCUT2D eigenvalue weighted by atomic mass is 16.7. The molecule has 2 saturated heterocycles. The van der Waals surface area contributed by atoms with Crippen LogP contribution in [0.1, 0.15) is 62.5 Å². The third kappa shape index (κ3) is 3.61. The third-order valence-electron chi connectivity index (χ3n) is 7.22. The summed E-state index contributed by atoms with van der Waals surface area (Å²) >= 11 is 0. The van der Waals surface area contributed by atoms with Crippen LogP contribution >= 0.6 is 0 Å². The number of amides is 1. The summed E-state index contributed by atoms with van der Waals surface area (Å²) in [5.41, 5.74) is 2.09. The normalized spacial score (nSPS) is 21.9. The van der Waals surface area contributed by atoms with Crippen molar-refractivity contribution in [3.63, 3.8) is 0 Å². The van der Waals surface area contributed by atoms with E-state index in [-0.39, 0.29) is 23.2 Å². The summed E-state index contributed by atoms with van der Waals surface area (Å²) in [6.07, 6.45) is 5.53. The van der Waals surface area contributed by atoms with Crippen molar-refractivity contribution in [3.05, 3.63) is 72.1 Å². The molecule has 0 aliphatic carbocycles. The second-order valence-electron chi connectivity index (χ2n) is 9.85. The molecular formula is C26H29BN2O3. The van der Waals surface area contributed by atoms with Gasteiger partial charge in [0.25, 0.3) is 5.91 Å². The Morgan fingerprint density at radius 1 is 1.03 bits per heavy atom. The molecule has 5 nitrogen and oxygen atoms in total. The van der Waals surface area contributed by atoms with E-state index >= 15 is 0 Å². The van der Waals surface area contributed by atoms with Gasteiger partial charge >= 0.3 is 7.12 Å². The van der Waals surface area contributed by atoms with Crippen LogP contribution in [0.5, 0.6) is 0 Å². The predicted octanol–water partition coefficient (Wildman–Crippen LogP) is 4.51. The average Bonchev–Trinajstić information content (AvgIpc) is 3.35. The summed E-state index contributed by atoms with van der Waals surface area (Å²) in [6, 6.07) is 16.2. The number of likely N-dealkylation sites (tertiary alicyclic amines) is 1. The maximum absolute atomic E-state index is 13.4. The maximum atomic E-state index is 13.4. The van der Waals surface area contributed by atoms with Gasteiger partial charge in [-0.3, -0.25) is 9.78 Å². The first-order valence-corrected chi connectivity index (χ1v) is 11.4. The number of carbonyl (C=O) groups excluding carboxylic acids is 1. The van der Waals surface area contributed by atoms with E-state index in [9.17, 15) is 4.79 Å². The summed E-state index contributed by atoms with van der Waals surface area (Å²) in [4.78, 5) is 19.6. The second kappa shape index (κ2) is 7.71. The van der Waals surface area contributed by atoms with Crippen molar-refractivity contribution in [2.24, 2.45) is 0 Å². The van der Waals surface area contributed by atoms with Gasteiger partial charge in [0.05, 0.1) is 17.2 Å². The molecule has 6 heteroatoms. The smallest absolute Gasteiger partial charge is 0.399 e. The van der Waals surface area contributed by atoms with Crippen LogP contribution in [0.2, 0.25) is 0 Å². The van der Waals surface area contributed by atoms with Gasteiger partial charge in [0.1, 0.15) is 0 Å². The summed E-state index contributed by atoms with van der Waals surface area (Å²) < 4.78 is 12.5. The molecule has 0 radical (unpaired) electrons. The van der Waals surface area contributed by atoms with Crippen LogP contribution in [0.3, 0.4) is 0 Å². The van der Waals surface area contributed by atoms with E-state index in [2.05, 4.69) is 44.8 Å². The molecule has 0 spiro atoms. The lowest BCUT2D eigenvalue weighted by Gasteiger charge is -2.32. The van der Waals surface area contributed by atoms with E-state index < -0.39 is 7.12 Å². The zero-order chi connectivity index (χ0) is 22.5. The third-order valence-corrected chi connectivity index (χ3v) is 7.22. The molecule has 1 amide bonds. The fraction of sp³-hybridized carbons (Fsp3) is 0.385. The Hall–Kier alpha value is -2.70. The molecule has 1 atom stereocenters.